The summed E-state index contributed by atoms with van der Waals surface area (Å²) < 4.78 is 5.33. The maximum atomic E-state index is 5.33. The van der Waals surface area contributed by atoms with Crippen molar-refractivity contribution >= 4 is 5.69 Å². The highest BCUT2D eigenvalue weighted by Crippen LogP contribution is 2.39. The zero-order chi connectivity index (χ0) is 10.7. The van der Waals surface area contributed by atoms with Gasteiger partial charge in [-0.15, -0.1) is 0 Å². The Labute approximate surface area is 90.8 Å². The Kier molecular flexibility index (Phi) is 3.11. The zero-order valence-electron chi connectivity index (χ0n) is 9.34. The van der Waals surface area contributed by atoms with Crippen LogP contribution in [0.3, 0.4) is 0 Å². The lowest BCUT2D eigenvalue weighted by Gasteiger charge is -2.10. The summed E-state index contributed by atoms with van der Waals surface area (Å²) in [6.07, 6.45) is 1.17. The van der Waals surface area contributed by atoms with Crippen molar-refractivity contribution in [3.8, 4) is 5.75 Å². The van der Waals surface area contributed by atoms with E-state index in [1.165, 1.54) is 17.7 Å². The van der Waals surface area contributed by atoms with Crippen LogP contribution in [0.5, 0.6) is 5.75 Å². The number of methoxy groups -OCH3 is 1. The van der Waals surface area contributed by atoms with Crippen molar-refractivity contribution in [3.05, 3.63) is 23.8 Å². The predicted octanol–water partition coefficient (Wildman–Crippen LogP) is 1.81. The van der Waals surface area contributed by atoms with Crippen LogP contribution in [0.15, 0.2) is 18.2 Å². The number of nitrogens with one attached hydrogen (secondary N) is 2. The van der Waals surface area contributed by atoms with Crippen molar-refractivity contribution in [1.29, 1.82) is 0 Å². The van der Waals surface area contributed by atoms with E-state index in [1.807, 2.05) is 13.1 Å². The summed E-state index contributed by atoms with van der Waals surface area (Å²) in [4.78, 5) is 0. The second-order valence-electron chi connectivity index (χ2n) is 3.89. The largest absolute Gasteiger partial charge is 0.495 e. The quantitative estimate of drug-likeness (QED) is 0.788. The van der Waals surface area contributed by atoms with Crippen LogP contribution in [0, 0.1) is 0 Å². The molecule has 82 valence electrons. The Morgan fingerprint density at radius 1 is 1.53 bits per heavy atom. The minimum absolute atomic E-state index is 0.613. The first kappa shape index (κ1) is 10.3. The monoisotopic (exact) mass is 206 g/mol. The second kappa shape index (κ2) is 4.53. The molecule has 1 aliphatic heterocycles. The summed E-state index contributed by atoms with van der Waals surface area (Å²) in [5.74, 6) is 1.57. The molecular formula is C12H18N2O. The number of fused-ring (bicyclic) bond motifs is 1. The van der Waals surface area contributed by atoms with Gasteiger partial charge in [-0.2, -0.15) is 0 Å². The Morgan fingerprint density at radius 3 is 3.13 bits per heavy atom. The molecule has 2 N–H and O–H groups in total. The fourth-order valence-corrected chi connectivity index (χ4v) is 2.16. The Hall–Kier alpha value is -1.22. The normalized spacial score (nSPS) is 18.4. The number of rotatable bonds is 4. The fraction of sp³-hybridized carbons (Fsp3) is 0.500. The van der Waals surface area contributed by atoms with Crippen LogP contribution >= 0.6 is 0 Å². The molecule has 1 heterocycles. The minimum Gasteiger partial charge on any atom is -0.495 e. The highest BCUT2D eigenvalue weighted by Gasteiger charge is 2.23. The van der Waals surface area contributed by atoms with E-state index in [4.69, 9.17) is 4.74 Å². The van der Waals surface area contributed by atoms with Crippen molar-refractivity contribution in [2.24, 2.45) is 0 Å². The lowest BCUT2D eigenvalue weighted by atomic mass is 9.98. The molecule has 0 bridgehead atoms. The van der Waals surface area contributed by atoms with E-state index < -0.39 is 0 Å². The van der Waals surface area contributed by atoms with E-state index in [9.17, 15) is 0 Å². The van der Waals surface area contributed by atoms with Crippen molar-refractivity contribution in [1.82, 2.24) is 5.32 Å². The molecule has 0 radical (unpaired) electrons. The van der Waals surface area contributed by atoms with Gasteiger partial charge in [0.05, 0.1) is 12.8 Å². The van der Waals surface area contributed by atoms with Crippen molar-refractivity contribution in [2.45, 2.75) is 12.3 Å². The lowest BCUT2D eigenvalue weighted by Crippen LogP contribution is -2.13. The topological polar surface area (TPSA) is 33.3 Å². The zero-order valence-corrected chi connectivity index (χ0v) is 9.34. The van der Waals surface area contributed by atoms with E-state index in [0.29, 0.717) is 5.92 Å². The predicted molar refractivity (Wildman–Crippen MR) is 62.8 cm³/mol. The molecule has 0 amide bonds. The van der Waals surface area contributed by atoms with Gasteiger partial charge in [-0.3, -0.25) is 0 Å². The molecule has 1 aromatic carbocycles. The van der Waals surface area contributed by atoms with Gasteiger partial charge in [0.25, 0.3) is 0 Å². The third-order valence-corrected chi connectivity index (χ3v) is 2.99. The smallest absolute Gasteiger partial charge is 0.142 e. The first-order chi connectivity index (χ1) is 7.36. The van der Waals surface area contributed by atoms with Crippen LogP contribution in [0.2, 0.25) is 0 Å². The van der Waals surface area contributed by atoms with E-state index in [2.05, 4.69) is 22.8 Å². The molecule has 3 heteroatoms. The number of para-hydroxylation sites is 1. The molecule has 1 aromatic rings. The number of hydrogen-bond donors (Lipinski definition) is 2. The van der Waals surface area contributed by atoms with Gasteiger partial charge in [0.15, 0.2) is 0 Å². The standard InChI is InChI=1S/C12H18N2O/c1-13-7-6-9-8-14-12-10(9)4-3-5-11(12)15-2/h3-5,9,13-14H,6-8H2,1-2H3/t9-/m0/s1. The van der Waals surface area contributed by atoms with Crippen LogP contribution < -0.4 is 15.4 Å². The molecule has 0 spiro atoms. The second-order valence-corrected chi connectivity index (χ2v) is 3.89. The summed E-state index contributed by atoms with van der Waals surface area (Å²) in [6, 6.07) is 6.27. The SMILES string of the molecule is CNCC[C@H]1CNc2c(OC)cccc21. The summed E-state index contributed by atoms with van der Waals surface area (Å²) in [7, 11) is 3.72. The van der Waals surface area contributed by atoms with Gasteiger partial charge in [-0.1, -0.05) is 12.1 Å². The average molecular weight is 206 g/mol. The van der Waals surface area contributed by atoms with Crippen LogP contribution in [-0.2, 0) is 0 Å². The Bertz CT molecular complexity index is 338. The van der Waals surface area contributed by atoms with Crippen LogP contribution in [0.25, 0.3) is 0 Å². The summed E-state index contributed by atoms with van der Waals surface area (Å²) in [5.41, 5.74) is 2.57. The van der Waals surface area contributed by atoms with Crippen LogP contribution in [0.4, 0.5) is 5.69 Å². The van der Waals surface area contributed by atoms with E-state index in [0.717, 1.165) is 18.8 Å². The minimum atomic E-state index is 0.613. The number of ether oxygens (including phenoxy) is 1. The third-order valence-electron chi connectivity index (χ3n) is 2.99. The Balaban J connectivity index is 2.19. The molecule has 0 saturated heterocycles. The summed E-state index contributed by atoms with van der Waals surface area (Å²) in [5, 5.41) is 6.62. The van der Waals surface area contributed by atoms with E-state index in [1.54, 1.807) is 7.11 Å². The van der Waals surface area contributed by atoms with Gasteiger partial charge in [0, 0.05) is 12.5 Å². The summed E-state index contributed by atoms with van der Waals surface area (Å²) in [6.45, 7) is 2.08. The highest BCUT2D eigenvalue weighted by atomic mass is 16.5. The first-order valence-corrected chi connectivity index (χ1v) is 5.42. The van der Waals surface area contributed by atoms with Gasteiger partial charge >= 0.3 is 0 Å². The van der Waals surface area contributed by atoms with Gasteiger partial charge in [-0.05, 0) is 31.6 Å². The van der Waals surface area contributed by atoms with Crippen LogP contribution in [-0.4, -0.2) is 27.2 Å². The molecular weight excluding hydrogens is 188 g/mol. The van der Waals surface area contributed by atoms with Crippen molar-refractivity contribution in [2.75, 3.05) is 32.6 Å². The molecule has 0 fully saturated rings. The van der Waals surface area contributed by atoms with Crippen LogP contribution in [0.1, 0.15) is 17.9 Å². The maximum absolute atomic E-state index is 5.33. The van der Waals surface area contributed by atoms with Gasteiger partial charge in [0.2, 0.25) is 0 Å². The molecule has 15 heavy (non-hydrogen) atoms. The maximum Gasteiger partial charge on any atom is 0.142 e. The highest BCUT2D eigenvalue weighted by molar-refractivity contribution is 5.66. The molecule has 0 aromatic heterocycles. The molecule has 0 aliphatic carbocycles. The Morgan fingerprint density at radius 2 is 2.40 bits per heavy atom. The third kappa shape index (κ3) is 1.92. The number of hydrogen-bond acceptors (Lipinski definition) is 3. The molecule has 0 unspecified atom stereocenters. The van der Waals surface area contributed by atoms with Crippen molar-refractivity contribution < 1.29 is 4.74 Å². The fourth-order valence-electron chi connectivity index (χ4n) is 2.16. The first-order valence-electron chi connectivity index (χ1n) is 5.42. The molecule has 1 aliphatic rings. The molecule has 3 nitrogen and oxygen atoms in total. The summed E-state index contributed by atoms with van der Waals surface area (Å²) >= 11 is 0. The number of anilines is 1. The molecule has 1 atom stereocenters. The lowest BCUT2D eigenvalue weighted by molar-refractivity contribution is 0.416. The van der Waals surface area contributed by atoms with Gasteiger partial charge in [-0.25, -0.2) is 0 Å². The van der Waals surface area contributed by atoms with Gasteiger partial charge in [0.1, 0.15) is 5.75 Å². The average Bonchev–Trinajstić information content (AvgIpc) is 2.69. The van der Waals surface area contributed by atoms with E-state index >= 15 is 0 Å². The van der Waals surface area contributed by atoms with E-state index in [-0.39, 0.29) is 0 Å². The van der Waals surface area contributed by atoms with Gasteiger partial charge < -0.3 is 15.4 Å². The molecule has 2 rings (SSSR count). The molecule has 0 saturated carbocycles. The van der Waals surface area contributed by atoms with Crippen molar-refractivity contribution in [3.63, 3.8) is 0 Å². The number of benzene rings is 1.